The standard InChI is InChI=1S/C13H26N2S/c1-3-11-10-14-8-9-15(11)12-4-6-13(16-2)7-5-12/h11-14H,3-10H2,1-2H3. The van der Waals surface area contributed by atoms with Gasteiger partial charge in [-0.15, -0.1) is 0 Å². The summed E-state index contributed by atoms with van der Waals surface area (Å²) in [5.74, 6) is 0. The van der Waals surface area contributed by atoms with Gasteiger partial charge in [-0.25, -0.2) is 0 Å². The van der Waals surface area contributed by atoms with Crippen molar-refractivity contribution in [3.63, 3.8) is 0 Å². The number of rotatable bonds is 3. The molecular weight excluding hydrogens is 216 g/mol. The van der Waals surface area contributed by atoms with E-state index in [4.69, 9.17) is 0 Å². The fourth-order valence-electron chi connectivity index (χ4n) is 3.25. The highest BCUT2D eigenvalue weighted by molar-refractivity contribution is 7.99. The Labute approximate surface area is 105 Å². The average molecular weight is 242 g/mol. The zero-order valence-corrected chi connectivity index (χ0v) is 11.6. The van der Waals surface area contributed by atoms with Crippen LogP contribution in [0.3, 0.4) is 0 Å². The van der Waals surface area contributed by atoms with E-state index in [1.807, 2.05) is 0 Å². The molecule has 0 amide bonds. The number of nitrogens with zero attached hydrogens (tertiary/aromatic N) is 1. The summed E-state index contributed by atoms with van der Waals surface area (Å²) < 4.78 is 0. The van der Waals surface area contributed by atoms with E-state index in [2.05, 4.69) is 35.2 Å². The van der Waals surface area contributed by atoms with Gasteiger partial charge >= 0.3 is 0 Å². The van der Waals surface area contributed by atoms with Crippen LogP contribution in [0.1, 0.15) is 39.0 Å². The van der Waals surface area contributed by atoms with E-state index >= 15 is 0 Å². The van der Waals surface area contributed by atoms with Gasteiger partial charge in [0.15, 0.2) is 0 Å². The summed E-state index contributed by atoms with van der Waals surface area (Å²) in [6, 6.07) is 1.68. The van der Waals surface area contributed by atoms with Gasteiger partial charge in [0.05, 0.1) is 0 Å². The van der Waals surface area contributed by atoms with Gasteiger partial charge in [-0.2, -0.15) is 11.8 Å². The van der Waals surface area contributed by atoms with E-state index in [9.17, 15) is 0 Å². The molecule has 2 fully saturated rings. The molecule has 0 radical (unpaired) electrons. The Morgan fingerprint density at radius 3 is 2.62 bits per heavy atom. The summed E-state index contributed by atoms with van der Waals surface area (Å²) in [5.41, 5.74) is 0. The van der Waals surface area contributed by atoms with Gasteiger partial charge in [0.2, 0.25) is 0 Å². The SMILES string of the molecule is CCC1CNCCN1C1CCC(SC)CC1. The highest BCUT2D eigenvalue weighted by Crippen LogP contribution is 2.31. The highest BCUT2D eigenvalue weighted by atomic mass is 32.2. The third kappa shape index (κ3) is 2.93. The minimum atomic E-state index is 0.796. The monoisotopic (exact) mass is 242 g/mol. The molecule has 1 aliphatic carbocycles. The third-order valence-corrected chi connectivity index (χ3v) is 5.45. The van der Waals surface area contributed by atoms with Crippen LogP contribution in [0.15, 0.2) is 0 Å². The molecule has 0 aromatic rings. The van der Waals surface area contributed by atoms with E-state index in [1.165, 1.54) is 51.7 Å². The minimum Gasteiger partial charge on any atom is -0.314 e. The smallest absolute Gasteiger partial charge is 0.0221 e. The van der Waals surface area contributed by atoms with Crippen LogP contribution in [0.25, 0.3) is 0 Å². The molecule has 1 saturated carbocycles. The van der Waals surface area contributed by atoms with Crippen molar-refractivity contribution < 1.29 is 0 Å². The molecule has 1 N–H and O–H groups in total. The second-order valence-electron chi connectivity index (χ2n) is 5.17. The van der Waals surface area contributed by atoms with Crippen molar-refractivity contribution in [2.24, 2.45) is 0 Å². The van der Waals surface area contributed by atoms with Gasteiger partial charge in [-0.3, -0.25) is 4.90 Å². The van der Waals surface area contributed by atoms with Gasteiger partial charge in [-0.1, -0.05) is 6.92 Å². The summed E-state index contributed by atoms with van der Waals surface area (Å²) in [6.07, 6.45) is 9.31. The van der Waals surface area contributed by atoms with Crippen LogP contribution in [0.5, 0.6) is 0 Å². The van der Waals surface area contributed by atoms with E-state index in [0.717, 1.165) is 17.3 Å². The Morgan fingerprint density at radius 2 is 2.00 bits per heavy atom. The lowest BCUT2D eigenvalue weighted by Crippen LogP contribution is -2.55. The van der Waals surface area contributed by atoms with Gasteiger partial charge in [0.1, 0.15) is 0 Å². The summed E-state index contributed by atoms with van der Waals surface area (Å²) in [7, 11) is 0. The second kappa shape index (κ2) is 6.27. The Kier molecular flexibility index (Phi) is 4.98. The molecule has 1 heterocycles. The van der Waals surface area contributed by atoms with Crippen LogP contribution in [0, 0.1) is 0 Å². The largest absolute Gasteiger partial charge is 0.314 e. The maximum absolute atomic E-state index is 3.53. The quantitative estimate of drug-likeness (QED) is 0.818. The number of thioether (sulfide) groups is 1. The lowest BCUT2D eigenvalue weighted by Gasteiger charge is -2.43. The van der Waals surface area contributed by atoms with Gasteiger partial charge in [0.25, 0.3) is 0 Å². The molecule has 1 atom stereocenters. The number of hydrogen-bond donors (Lipinski definition) is 1. The molecule has 2 rings (SSSR count). The predicted octanol–water partition coefficient (Wildman–Crippen LogP) is 2.34. The molecule has 0 bridgehead atoms. The summed E-state index contributed by atoms with van der Waals surface area (Å²) in [4.78, 5) is 2.80. The van der Waals surface area contributed by atoms with Crippen molar-refractivity contribution in [3.05, 3.63) is 0 Å². The maximum atomic E-state index is 3.53. The normalized spacial score (nSPS) is 37.5. The molecule has 0 aromatic heterocycles. The van der Waals surface area contributed by atoms with Crippen LogP contribution in [0.2, 0.25) is 0 Å². The van der Waals surface area contributed by atoms with Crippen molar-refractivity contribution in [1.82, 2.24) is 10.2 Å². The minimum absolute atomic E-state index is 0.796. The zero-order chi connectivity index (χ0) is 11.4. The number of hydrogen-bond acceptors (Lipinski definition) is 3. The van der Waals surface area contributed by atoms with E-state index in [-0.39, 0.29) is 0 Å². The molecule has 2 aliphatic rings. The van der Waals surface area contributed by atoms with Crippen LogP contribution < -0.4 is 5.32 Å². The second-order valence-corrected chi connectivity index (χ2v) is 6.31. The van der Waals surface area contributed by atoms with Crippen molar-refractivity contribution in [2.75, 3.05) is 25.9 Å². The summed E-state index contributed by atoms with van der Waals surface area (Å²) in [6.45, 7) is 6.00. The average Bonchev–Trinajstić information content (AvgIpc) is 2.39. The first-order valence-electron chi connectivity index (χ1n) is 6.84. The summed E-state index contributed by atoms with van der Waals surface area (Å²) in [5, 5.41) is 4.47. The van der Waals surface area contributed by atoms with Gasteiger partial charge in [-0.05, 0) is 38.4 Å². The lowest BCUT2D eigenvalue weighted by molar-refractivity contribution is 0.0811. The molecule has 94 valence electrons. The Hall–Kier alpha value is 0.270. The molecule has 0 spiro atoms. The highest BCUT2D eigenvalue weighted by Gasteiger charge is 2.30. The predicted molar refractivity (Wildman–Crippen MR) is 73.2 cm³/mol. The fraction of sp³-hybridized carbons (Fsp3) is 1.00. The molecule has 1 aliphatic heterocycles. The fourth-order valence-corrected chi connectivity index (χ4v) is 3.99. The van der Waals surface area contributed by atoms with Crippen molar-refractivity contribution in [1.29, 1.82) is 0 Å². The van der Waals surface area contributed by atoms with Crippen LogP contribution >= 0.6 is 11.8 Å². The molecule has 16 heavy (non-hydrogen) atoms. The van der Waals surface area contributed by atoms with Crippen LogP contribution in [-0.4, -0.2) is 48.1 Å². The molecule has 1 saturated heterocycles. The molecule has 1 unspecified atom stereocenters. The number of nitrogens with one attached hydrogen (secondary N) is 1. The Morgan fingerprint density at radius 1 is 1.25 bits per heavy atom. The van der Waals surface area contributed by atoms with Crippen LogP contribution in [0.4, 0.5) is 0 Å². The first kappa shape index (κ1) is 12.7. The van der Waals surface area contributed by atoms with Gasteiger partial charge < -0.3 is 5.32 Å². The first-order valence-corrected chi connectivity index (χ1v) is 8.13. The van der Waals surface area contributed by atoms with E-state index < -0.39 is 0 Å². The molecular formula is C13H26N2S. The van der Waals surface area contributed by atoms with Crippen LogP contribution in [-0.2, 0) is 0 Å². The van der Waals surface area contributed by atoms with Gasteiger partial charge in [0, 0.05) is 37.0 Å². The Balaban J connectivity index is 1.86. The molecule has 3 heteroatoms. The van der Waals surface area contributed by atoms with Crippen molar-refractivity contribution >= 4 is 11.8 Å². The van der Waals surface area contributed by atoms with E-state index in [1.54, 1.807) is 0 Å². The maximum Gasteiger partial charge on any atom is 0.0221 e. The molecule has 0 aromatic carbocycles. The van der Waals surface area contributed by atoms with Crippen molar-refractivity contribution in [3.8, 4) is 0 Å². The zero-order valence-electron chi connectivity index (χ0n) is 10.7. The number of piperazine rings is 1. The van der Waals surface area contributed by atoms with Crippen molar-refractivity contribution in [2.45, 2.75) is 56.4 Å². The lowest BCUT2D eigenvalue weighted by atomic mass is 9.91. The third-order valence-electron chi connectivity index (χ3n) is 4.31. The van der Waals surface area contributed by atoms with E-state index in [0.29, 0.717) is 0 Å². The first-order chi connectivity index (χ1) is 7.85. The molecule has 2 nitrogen and oxygen atoms in total. The Bertz CT molecular complexity index is 202. The summed E-state index contributed by atoms with van der Waals surface area (Å²) >= 11 is 2.07. The topological polar surface area (TPSA) is 15.3 Å².